The second kappa shape index (κ2) is 9.74. The van der Waals surface area contributed by atoms with E-state index in [9.17, 15) is 9.59 Å². The highest BCUT2D eigenvalue weighted by Crippen LogP contribution is 2.28. The molecule has 8 nitrogen and oxygen atoms in total. The van der Waals surface area contributed by atoms with Gasteiger partial charge in [-0.15, -0.1) is 11.3 Å². The fourth-order valence-corrected chi connectivity index (χ4v) is 4.34. The molecule has 9 heteroatoms. The van der Waals surface area contributed by atoms with Crippen LogP contribution in [0.4, 0.5) is 0 Å². The van der Waals surface area contributed by atoms with E-state index in [-0.39, 0.29) is 5.56 Å². The fourth-order valence-electron chi connectivity index (χ4n) is 3.48. The van der Waals surface area contributed by atoms with Crippen LogP contribution in [0.25, 0.3) is 16.2 Å². The Labute approximate surface area is 194 Å². The number of fused-ring (bicyclic) bond motifs is 1. The molecule has 0 aliphatic heterocycles. The average Bonchev–Trinajstić information content (AvgIpc) is 3.29. The molecule has 0 fully saturated rings. The van der Waals surface area contributed by atoms with Crippen molar-refractivity contribution < 1.29 is 19.0 Å². The van der Waals surface area contributed by atoms with Crippen molar-refractivity contribution in [2.75, 3.05) is 27.9 Å². The second-order valence-corrected chi connectivity index (χ2v) is 7.98. The maximum atomic E-state index is 13.2. The normalized spacial score (nSPS) is 10.8. The van der Waals surface area contributed by atoms with Crippen LogP contribution in [0.3, 0.4) is 0 Å². The van der Waals surface area contributed by atoms with Crippen molar-refractivity contribution in [2.45, 2.75) is 6.42 Å². The summed E-state index contributed by atoms with van der Waals surface area (Å²) in [5.74, 6) is 1.47. The Morgan fingerprint density at radius 1 is 1.06 bits per heavy atom. The molecule has 1 amide bonds. The second-order valence-electron chi connectivity index (χ2n) is 7.14. The van der Waals surface area contributed by atoms with Crippen LogP contribution < -0.4 is 25.1 Å². The molecule has 170 valence electrons. The number of aromatic nitrogens is 2. The minimum absolute atomic E-state index is 0.0117. The van der Waals surface area contributed by atoms with Crippen molar-refractivity contribution in [1.82, 2.24) is 14.7 Å². The van der Waals surface area contributed by atoms with E-state index >= 15 is 0 Å². The van der Waals surface area contributed by atoms with Crippen molar-refractivity contribution in [1.29, 1.82) is 0 Å². The topological polar surface area (TPSA) is 91.2 Å². The highest BCUT2D eigenvalue weighted by Gasteiger charge is 2.17. The van der Waals surface area contributed by atoms with Crippen LogP contribution in [-0.2, 0) is 6.42 Å². The highest BCUT2D eigenvalue weighted by molar-refractivity contribution is 7.15. The standard InChI is InChI=1S/C24H23N3O5S/c1-30-17-6-4-5-16(12-17)19-14-33-24-26-13-18(23(29)27(19)24)22(28)25-10-9-15-7-8-20(31-2)21(11-15)32-3/h4-8,11-14H,9-10H2,1-3H3,(H,25,28). The first kappa shape index (κ1) is 22.3. The third kappa shape index (κ3) is 4.54. The molecular weight excluding hydrogens is 442 g/mol. The number of nitrogens with one attached hydrogen (secondary N) is 1. The number of nitrogens with zero attached hydrogens (tertiary/aromatic N) is 2. The summed E-state index contributed by atoms with van der Waals surface area (Å²) in [6, 6.07) is 13.0. The lowest BCUT2D eigenvalue weighted by molar-refractivity contribution is 0.0952. The van der Waals surface area contributed by atoms with E-state index in [4.69, 9.17) is 14.2 Å². The molecule has 0 aliphatic carbocycles. The quantitative estimate of drug-likeness (QED) is 0.429. The lowest BCUT2D eigenvalue weighted by Gasteiger charge is -2.10. The zero-order chi connectivity index (χ0) is 23.4. The number of amides is 1. The molecule has 0 spiro atoms. The number of ether oxygens (including phenoxy) is 3. The molecule has 0 atom stereocenters. The van der Waals surface area contributed by atoms with Gasteiger partial charge in [-0.3, -0.25) is 14.0 Å². The zero-order valence-electron chi connectivity index (χ0n) is 18.5. The number of carbonyl (C=O) groups excluding carboxylic acids is 1. The number of rotatable bonds is 8. The summed E-state index contributed by atoms with van der Waals surface area (Å²) in [7, 11) is 4.74. The first-order valence-electron chi connectivity index (χ1n) is 10.2. The molecule has 0 unspecified atom stereocenters. The van der Waals surface area contributed by atoms with Crippen LogP contribution in [0, 0.1) is 0 Å². The Morgan fingerprint density at radius 2 is 1.88 bits per heavy atom. The predicted octanol–water partition coefficient (Wildman–Crippen LogP) is 3.42. The Morgan fingerprint density at radius 3 is 2.64 bits per heavy atom. The maximum absolute atomic E-state index is 13.2. The molecule has 1 N–H and O–H groups in total. The van der Waals surface area contributed by atoms with Gasteiger partial charge < -0.3 is 19.5 Å². The van der Waals surface area contributed by atoms with E-state index in [1.54, 1.807) is 21.3 Å². The first-order chi connectivity index (χ1) is 16.0. The van der Waals surface area contributed by atoms with Crippen molar-refractivity contribution in [3.05, 3.63) is 75.5 Å². The van der Waals surface area contributed by atoms with E-state index in [0.717, 1.165) is 11.1 Å². The Hall–Kier alpha value is -3.85. The van der Waals surface area contributed by atoms with Gasteiger partial charge in [-0.25, -0.2) is 4.98 Å². The molecule has 0 saturated carbocycles. The number of benzene rings is 2. The summed E-state index contributed by atoms with van der Waals surface area (Å²) < 4.78 is 17.3. The molecule has 4 rings (SSSR count). The van der Waals surface area contributed by atoms with Crippen molar-refractivity contribution in [3.8, 4) is 28.5 Å². The highest BCUT2D eigenvalue weighted by atomic mass is 32.1. The Balaban J connectivity index is 1.54. The smallest absolute Gasteiger partial charge is 0.271 e. The lowest BCUT2D eigenvalue weighted by atomic mass is 10.1. The third-order valence-electron chi connectivity index (χ3n) is 5.20. The minimum atomic E-state index is -0.467. The van der Waals surface area contributed by atoms with Gasteiger partial charge in [-0.05, 0) is 36.2 Å². The molecule has 2 aromatic carbocycles. The van der Waals surface area contributed by atoms with Gasteiger partial charge in [-0.1, -0.05) is 18.2 Å². The fraction of sp³-hybridized carbons (Fsp3) is 0.208. The lowest BCUT2D eigenvalue weighted by Crippen LogP contribution is -2.32. The van der Waals surface area contributed by atoms with Crippen LogP contribution >= 0.6 is 11.3 Å². The van der Waals surface area contributed by atoms with Gasteiger partial charge in [0.15, 0.2) is 16.5 Å². The van der Waals surface area contributed by atoms with Crippen LogP contribution in [0.2, 0.25) is 0 Å². The SMILES string of the molecule is COc1cccc(-c2csc3ncc(C(=O)NCCc4ccc(OC)c(OC)c4)c(=O)n23)c1. The largest absolute Gasteiger partial charge is 0.497 e. The van der Waals surface area contributed by atoms with Gasteiger partial charge in [0.2, 0.25) is 0 Å². The van der Waals surface area contributed by atoms with Crippen LogP contribution in [0.5, 0.6) is 17.2 Å². The molecule has 0 bridgehead atoms. The van der Waals surface area contributed by atoms with Crippen LogP contribution in [0.1, 0.15) is 15.9 Å². The summed E-state index contributed by atoms with van der Waals surface area (Å²) >= 11 is 1.34. The zero-order valence-corrected chi connectivity index (χ0v) is 19.3. The molecule has 2 heterocycles. The first-order valence-corrected chi connectivity index (χ1v) is 11.1. The van der Waals surface area contributed by atoms with Crippen molar-refractivity contribution >= 4 is 22.2 Å². The summed E-state index contributed by atoms with van der Waals surface area (Å²) in [5.41, 5.74) is 2.00. The van der Waals surface area contributed by atoms with Gasteiger partial charge >= 0.3 is 0 Å². The summed E-state index contributed by atoms with van der Waals surface area (Å²) in [4.78, 5) is 30.8. The molecule has 33 heavy (non-hydrogen) atoms. The van der Waals surface area contributed by atoms with E-state index in [1.807, 2.05) is 47.8 Å². The summed E-state index contributed by atoms with van der Waals surface area (Å²) in [6.45, 7) is 0.350. The van der Waals surface area contributed by atoms with E-state index in [0.29, 0.717) is 40.9 Å². The van der Waals surface area contributed by atoms with E-state index < -0.39 is 11.5 Å². The molecule has 4 aromatic rings. The van der Waals surface area contributed by atoms with Crippen molar-refractivity contribution in [2.24, 2.45) is 0 Å². The van der Waals surface area contributed by atoms with Gasteiger partial charge in [0.05, 0.1) is 27.0 Å². The summed E-state index contributed by atoms with van der Waals surface area (Å²) in [6.07, 6.45) is 1.89. The van der Waals surface area contributed by atoms with Crippen LogP contribution in [-0.4, -0.2) is 43.2 Å². The maximum Gasteiger partial charge on any atom is 0.271 e. The summed E-state index contributed by atoms with van der Waals surface area (Å²) in [5, 5.41) is 4.65. The number of methoxy groups -OCH3 is 3. The minimum Gasteiger partial charge on any atom is -0.497 e. The van der Waals surface area contributed by atoms with Crippen LogP contribution in [0.15, 0.2) is 58.8 Å². The number of carbonyl (C=O) groups is 1. The average molecular weight is 466 g/mol. The molecule has 0 aliphatic rings. The molecule has 0 radical (unpaired) electrons. The van der Waals surface area contributed by atoms with Gasteiger partial charge in [0, 0.05) is 23.7 Å². The Bertz CT molecular complexity index is 1360. The third-order valence-corrected chi connectivity index (χ3v) is 6.04. The molecular formula is C24H23N3O5S. The van der Waals surface area contributed by atoms with Gasteiger partial charge in [0.1, 0.15) is 11.3 Å². The molecule has 2 aromatic heterocycles. The van der Waals surface area contributed by atoms with Crippen molar-refractivity contribution in [3.63, 3.8) is 0 Å². The monoisotopic (exact) mass is 465 g/mol. The van der Waals surface area contributed by atoms with Gasteiger partial charge in [0.25, 0.3) is 11.5 Å². The van der Waals surface area contributed by atoms with E-state index in [1.165, 1.54) is 21.9 Å². The van der Waals surface area contributed by atoms with E-state index in [2.05, 4.69) is 10.3 Å². The Kier molecular flexibility index (Phi) is 6.60. The number of hydrogen-bond acceptors (Lipinski definition) is 7. The number of thiazole rings is 1. The number of hydrogen-bond donors (Lipinski definition) is 1. The predicted molar refractivity (Wildman–Crippen MR) is 127 cm³/mol. The van der Waals surface area contributed by atoms with Gasteiger partial charge in [-0.2, -0.15) is 0 Å². The molecule has 0 saturated heterocycles.